The molecule has 0 bridgehead atoms. The molecule has 0 fully saturated rings. The average Bonchev–Trinajstić information content (AvgIpc) is 2.64. The van der Waals surface area contributed by atoms with Crippen molar-refractivity contribution in [1.82, 2.24) is 14.7 Å². The highest BCUT2D eigenvalue weighted by Gasteiger charge is 2.23. The highest BCUT2D eigenvalue weighted by molar-refractivity contribution is 7.89. The van der Waals surface area contributed by atoms with E-state index in [1.54, 1.807) is 6.92 Å². The SMILES string of the molecule is Cc1ncc(S(=O)(=O)NC(CCN)C(C)C)[nH]1. The van der Waals surface area contributed by atoms with Crippen molar-refractivity contribution < 1.29 is 8.42 Å². The van der Waals surface area contributed by atoms with E-state index in [0.29, 0.717) is 18.8 Å². The molecule has 1 aromatic heterocycles. The van der Waals surface area contributed by atoms with E-state index in [0.717, 1.165) is 0 Å². The van der Waals surface area contributed by atoms with E-state index in [1.807, 2.05) is 13.8 Å². The van der Waals surface area contributed by atoms with Crippen molar-refractivity contribution >= 4 is 10.0 Å². The van der Waals surface area contributed by atoms with Gasteiger partial charge in [-0.1, -0.05) is 13.8 Å². The normalized spacial score (nSPS) is 14.2. The summed E-state index contributed by atoms with van der Waals surface area (Å²) in [6, 6.07) is -0.159. The number of hydrogen-bond acceptors (Lipinski definition) is 4. The van der Waals surface area contributed by atoms with E-state index in [9.17, 15) is 8.42 Å². The van der Waals surface area contributed by atoms with Gasteiger partial charge in [-0.3, -0.25) is 0 Å². The van der Waals surface area contributed by atoms with Crippen LogP contribution in [0.4, 0.5) is 0 Å². The van der Waals surface area contributed by atoms with Crippen LogP contribution >= 0.6 is 0 Å². The van der Waals surface area contributed by atoms with Crippen molar-refractivity contribution in [3.8, 4) is 0 Å². The van der Waals surface area contributed by atoms with E-state index in [-0.39, 0.29) is 17.0 Å². The van der Waals surface area contributed by atoms with Crippen LogP contribution in [0, 0.1) is 12.8 Å². The van der Waals surface area contributed by atoms with Crippen LogP contribution in [0.3, 0.4) is 0 Å². The Morgan fingerprint density at radius 1 is 1.53 bits per heavy atom. The molecule has 1 rings (SSSR count). The second kappa shape index (κ2) is 5.61. The van der Waals surface area contributed by atoms with Crippen molar-refractivity contribution in [2.24, 2.45) is 11.7 Å². The third-order valence-corrected chi connectivity index (χ3v) is 3.96. The van der Waals surface area contributed by atoms with Gasteiger partial charge in [0.15, 0.2) is 5.03 Å². The fraction of sp³-hybridized carbons (Fsp3) is 0.700. The number of nitrogens with zero attached hydrogens (tertiary/aromatic N) is 1. The van der Waals surface area contributed by atoms with Gasteiger partial charge in [0.25, 0.3) is 10.0 Å². The molecule has 0 saturated heterocycles. The summed E-state index contributed by atoms with van der Waals surface area (Å²) in [5.74, 6) is 0.766. The molecule has 98 valence electrons. The molecule has 1 unspecified atom stereocenters. The molecule has 0 spiro atoms. The quantitative estimate of drug-likeness (QED) is 0.688. The van der Waals surface area contributed by atoms with Gasteiger partial charge < -0.3 is 10.7 Å². The van der Waals surface area contributed by atoms with Crippen molar-refractivity contribution in [3.63, 3.8) is 0 Å². The molecule has 7 heteroatoms. The average molecular weight is 260 g/mol. The summed E-state index contributed by atoms with van der Waals surface area (Å²) in [7, 11) is -3.53. The predicted octanol–water partition coefficient (Wildman–Crippen LogP) is 0.370. The third kappa shape index (κ3) is 3.79. The van der Waals surface area contributed by atoms with E-state index >= 15 is 0 Å². The first-order valence-corrected chi connectivity index (χ1v) is 7.09. The zero-order valence-electron chi connectivity index (χ0n) is 10.4. The number of aryl methyl sites for hydroxylation is 1. The van der Waals surface area contributed by atoms with Gasteiger partial charge in [-0.2, -0.15) is 0 Å². The summed E-state index contributed by atoms with van der Waals surface area (Å²) < 4.78 is 26.7. The van der Waals surface area contributed by atoms with Crippen molar-refractivity contribution in [1.29, 1.82) is 0 Å². The van der Waals surface area contributed by atoms with Crippen LogP contribution in [0.15, 0.2) is 11.2 Å². The molecule has 1 aromatic rings. The Morgan fingerprint density at radius 2 is 2.18 bits per heavy atom. The Bertz CT molecular complexity index is 453. The van der Waals surface area contributed by atoms with Gasteiger partial charge in [-0.25, -0.2) is 18.1 Å². The van der Waals surface area contributed by atoms with Gasteiger partial charge in [-0.15, -0.1) is 0 Å². The minimum atomic E-state index is -3.53. The number of sulfonamides is 1. The maximum atomic E-state index is 12.0. The van der Waals surface area contributed by atoms with Gasteiger partial charge >= 0.3 is 0 Å². The molecule has 6 nitrogen and oxygen atoms in total. The van der Waals surface area contributed by atoms with Crippen molar-refractivity contribution in [3.05, 3.63) is 12.0 Å². The largest absolute Gasteiger partial charge is 0.332 e. The molecule has 1 heterocycles. The molecule has 0 aromatic carbocycles. The molecule has 4 N–H and O–H groups in total. The van der Waals surface area contributed by atoms with E-state index in [1.165, 1.54) is 6.20 Å². The highest BCUT2D eigenvalue weighted by atomic mass is 32.2. The monoisotopic (exact) mass is 260 g/mol. The number of rotatable bonds is 6. The molecular formula is C10H20N4O2S. The van der Waals surface area contributed by atoms with Gasteiger partial charge in [0.05, 0.1) is 6.20 Å². The lowest BCUT2D eigenvalue weighted by atomic mass is 10.0. The van der Waals surface area contributed by atoms with Crippen LogP contribution in [-0.2, 0) is 10.0 Å². The molecule has 0 aliphatic heterocycles. The van der Waals surface area contributed by atoms with Gasteiger partial charge in [0.2, 0.25) is 0 Å². The fourth-order valence-electron chi connectivity index (χ4n) is 1.51. The molecule has 0 radical (unpaired) electrons. The van der Waals surface area contributed by atoms with Crippen LogP contribution in [0.1, 0.15) is 26.1 Å². The molecule has 1 atom stereocenters. The standard InChI is InChI=1S/C10H20N4O2S/c1-7(2)9(4-5-11)14-17(15,16)10-6-12-8(3)13-10/h6-7,9,14H,4-5,11H2,1-3H3,(H,12,13). The van der Waals surface area contributed by atoms with E-state index in [2.05, 4.69) is 14.7 Å². The number of imidazole rings is 1. The summed E-state index contributed by atoms with van der Waals surface area (Å²) >= 11 is 0. The molecule has 0 aliphatic carbocycles. The molecule has 0 amide bonds. The zero-order chi connectivity index (χ0) is 13.1. The lowest BCUT2D eigenvalue weighted by Crippen LogP contribution is -2.40. The van der Waals surface area contributed by atoms with Crippen molar-refractivity contribution in [2.75, 3.05) is 6.54 Å². The van der Waals surface area contributed by atoms with Crippen molar-refractivity contribution in [2.45, 2.75) is 38.3 Å². The van der Waals surface area contributed by atoms with Gasteiger partial charge in [0, 0.05) is 6.04 Å². The predicted molar refractivity (Wildman–Crippen MR) is 65.9 cm³/mol. The maximum absolute atomic E-state index is 12.0. The number of nitrogens with two attached hydrogens (primary N) is 1. The number of aromatic amines is 1. The molecule has 0 aliphatic rings. The zero-order valence-corrected chi connectivity index (χ0v) is 11.2. The Balaban J connectivity index is 2.84. The smallest absolute Gasteiger partial charge is 0.257 e. The summed E-state index contributed by atoms with van der Waals surface area (Å²) in [6.07, 6.45) is 1.93. The van der Waals surface area contributed by atoms with Gasteiger partial charge in [-0.05, 0) is 25.8 Å². The van der Waals surface area contributed by atoms with Crippen LogP contribution in [-0.4, -0.2) is 31.0 Å². The fourth-order valence-corrected chi connectivity index (χ4v) is 2.89. The number of aromatic nitrogens is 2. The minimum Gasteiger partial charge on any atom is -0.332 e. The minimum absolute atomic E-state index is 0.0951. The summed E-state index contributed by atoms with van der Waals surface area (Å²) in [5, 5.41) is 0.0951. The molecule has 0 saturated carbocycles. The Kier molecular flexibility index (Phi) is 4.67. The van der Waals surface area contributed by atoms with Crippen LogP contribution in [0.5, 0.6) is 0 Å². The summed E-state index contributed by atoms with van der Waals surface area (Å²) in [4.78, 5) is 6.59. The Morgan fingerprint density at radius 3 is 2.59 bits per heavy atom. The van der Waals surface area contributed by atoms with Crippen LogP contribution in [0.25, 0.3) is 0 Å². The number of H-pyrrole nitrogens is 1. The first-order valence-electron chi connectivity index (χ1n) is 5.61. The molecule has 17 heavy (non-hydrogen) atoms. The lowest BCUT2D eigenvalue weighted by Gasteiger charge is -2.20. The topological polar surface area (TPSA) is 101 Å². The number of nitrogens with one attached hydrogen (secondary N) is 2. The first kappa shape index (κ1) is 14.1. The third-order valence-electron chi connectivity index (χ3n) is 2.56. The maximum Gasteiger partial charge on any atom is 0.257 e. The van der Waals surface area contributed by atoms with Crippen LogP contribution in [0.2, 0.25) is 0 Å². The second-order valence-corrected chi connectivity index (χ2v) is 6.06. The Hall–Kier alpha value is -0.920. The lowest BCUT2D eigenvalue weighted by molar-refractivity contribution is 0.428. The molecular weight excluding hydrogens is 240 g/mol. The van der Waals surface area contributed by atoms with Gasteiger partial charge in [0.1, 0.15) is 5.82 Å². The Labute approximate surface area is 102 Å². The summed E-state index contributed by atoms with van der Waals surface area (Å²) in [5.41, 5.74) is 5.47. The summed E-state index contributed by atoms with van der Waals surface area (Å²) in [6.45, 7) is 6.08. The second-order valence-electron chi connectivity index (χ2n) is 4.38. The van der Waals surface area contributed by atoms with Crippen LogP contribution < -0.4 is 10.5 Å². The highest BCUT2D eigenvalue weighted by Crippen LogP contribution is 2.11. The number of hydrogen-bond donors (Lipinski definition) is 3. The van der Waals surface area contributed by atoms with E-state index < -0.39 is 10.0 Å². The van der Waals surface area contributed by atoms with E-state index in [4.69, 9.17) is 5.73 Å². The first-order chi connectivity index (χ1) is 7.86.